The molecule has 3 rings (SSSR count). The summed E-state index contributed by atoms with van der Waals surface area (Å²) in [6, 6.07) is 17.8. The zero-order chi connectivity index (χ0) is 18.5. The second-order valence-electron chi connectivity index (χ2n) is 6.34. The van der Waals surface area contributed by atoms with E-state index in [-0.39, 0.29) is 0 Å². The number of aromatic nitrogens is 2. The summed E-state index contributed by atoms with van der Waals surface area (Å²) in [6.07, 6.45) is 0. The molecule has 0 saturated carbocycles. The van der Waals surface area contributed by atoms with Gasteiger partial charge >= 0.3 is 0 Å². The molecular formula is C21H21ClN2OS. The lowest BCUT2D eigenvalue weighted by atomic mass is 10.0. The van der Waals surface area contributed by atoms with Gasteiger partial charge in [-0.15, -0.1) is 0 Å². The number of ether oxygens (including phenoxy) is 1. The molecule has 26 heavy (non-hydrogen) atoms. The lowest BCUT2D eigenvalue weighted by molar-refractivity contribution is 0.453. The van der Waals surface area contributed by atoms with E-state index in [1.165, 1.54) is 5.56 Å². The van der Waals surface area contributed by atoms with Crippen molar-refractivity contribution in [2.24, 2.45) is 0 Å². The molecule has 0 atom stereocenters. The molecule has 3 nitrogen and oxygen atoms in total. The monoisotopic (exact) mass is 384 g/mol. The van der Waals surface area contributed by atoms with E-state index in [1.807, 2.05) is 49.4 Å². The van der Waals surface area contributed by atoms with E-state index < -0.39 is 0 Å². The molecule has 134 valence electrons. The van der Waals surface area contributed by atoms with Crippen molar-refractivity contribution in [2.45, 2.75) is 37.6 Å². The van der Waals surface area contributed by atoms with Crippen LogP contribution in [0.5, 0.6) is 11.6 Å². The molecular weight excluding hydrogens is 364 g/mol. The fraction of sp³-hybridized carbons (Fsp3) is 0.238. The first-order chi connectivity index (χ1) is 12.5. The highest BCUT2D eigenvalue weighted by molar-refractivity contribution is 7.98. The zero-order valence-corrected chi connectivity index (χ0v) is 16.6. The summed E-state index contributed by atoms with van der Waals surface area (Å²) in [4.78, 5) is 9.03. The molecule has 0 radical (unpaired) electrons. The van der Waals surface area contributed by atoms with E-state index in [1.54, 1.807) is 11.8 Å². The summed E-state index contributed by atoms with van der Waals surface area (Å²) in [5, 5.41) is 1.44. The standard InChI is InChI=1S/C21H21ClN2OS/c1-14(2)16-8-6-9-18(12-16)25-20-11-15(3)23-21(24-20)26-13-17-7-4-5-10-19(17)22/h4-12,14H,13H2,1-3H3. The number of nitrogens with zero attached hydrogens (tertiary/aromatic N) is 2. The fourth-order valence-corrected chi connectivity index (χ4v) is 3.63. The molecule has 0 aliphatic heterocycles. The van der Waals surface area contributed by atoms with Crippen LogP contribution in [0.15, 0.2) is 59.8 Å². The van der Waals surface area contributed by atoms with Crippen LogP contribution in [0.4, 0.5) is 0 Å². The lowest BCUT2D eigenvalue weighted by Crippen LogP contribution is -1.96. The minimum Gasteiger partial charge on any atom is -0.439 e. The number of aryl methyl sites for hydroxylation is 1. The van der Waals surface area contributed by atoms with E-state index in [4.69, 9.17) is 16.3 Å². The largest absolute Gasteiger partial charge is 0.439 e. The highest BCUT2D eigenvalue weighted by atomic mass is 35.5. The number of benzene rings is 2. The Morgan fingerprint density at radius 3 is 2.62 bits per heavy atom. The molecule has 5 heteroatoms. The summed E-state index contributed by atoms with van der Waals surface area (Å²) in [7, 11) is 0. The normalized spacial score (nSPS) is 11.0. The number of thioether (sulfide) groups is 1. The Morgan fingerprint density at radius 1 is 1.04 bits per heavy atom. The predicted molar refractivity (Wildman–Crippen MR) is 108 cm³/mol. The Kier molecular flexibility index (Phi) is 6.17. The smallest absolute Gasteiger partial charge is 0.223 e. The van der Waals surface area contributed by atoms with E-state index >= 15 is 0 Å². The fourth-order valence-electron chi connectivity index (χ4n) is 2.45. The van der Waals surface area contributed by atoms with Crippen LogP contribution in [0.2, 0.25) is 5.02 Å². The molecule has 3 aromatic rings. The third-order valence-corrected chi connectivity index (χ3v) is 5.14. The Morgan fingerprint density at radius 2 is 1.85 bits per heavy atom. The maximum absolute atomic E-state index is 6.22. The minimum absolute atomic E-state index is 0.451. The molecule has 0 fully saturated rings. The molecule has 1 aromatic heterocycles. The van der Waals surface area contributed by atoms with Crippen LogP contribution in [0.3, 0.4) is 0 Å². The average molecular weight is 385 g/mol. The van der Waals surface area contributed by atoms with Crippen molar-refractivity contribution >= 4 is 23.4 Å². The average Bonchev–Trinajstić information content (AvgIpc) is 2.61. The van der Waals surface area contributed by atoms with Gasteiger partial charge < -0.3 is 4.74 Å². The summed E-state index contributed by atoms with van der Waals surface area (Å²) < 4.78 is 5.98. The number of rotatable bonds is 6. The molecule has 2 aromatic carbocycles. The predicted octanol–water partition coefficient (Wildman–Crippen LogP) is 6.65. The van der Waals surface area contributed by atoms with E-state index in [2.05, 4.69) is 35.9 Å². The van der Waals surface area contributed by atoms with Gasteiger partial charge in [-0.2, -0.15) is 4.98 Å². The first kappa shape index (κ1) is 18.7. The van der Waals surface area contributed by atoms with Gasteiger partial charge in [0.25, 0.3) is 0 Å². The van der Waals surface area contributed by atoms with Gasteiger partial charge in [-0.1, -0.05) is 67.5 Å². The number of halogens is 1. The van der Waals surface area contributed by atoms with Crippen molar-refractivity contribution in [1.82, 2.24) is 9.97 Å². The Balaban J connectivity index is 1.75. The van der Waals surface area contributed by atoms with Crippen LogP contribution in [-0.2, 0) is 5.75 Å². The third-order valence-electron chi connectivity index (χ3n) is 3.87. The highest BCUT2D eigenvalue weighted by Gasteiger charge is 2.08. The maximum Gasteiger partial charge on any atom is 0.223 e. The molecule has 0 saturated heterocycles. The van der Waals surface area contributed by atoms with Crippen molar-refractivity contribution in [1.29, 1.82) is 0 Å². The van der Waals surface area contributed by atoms with Gasteiger partial charge in [0.2, 0.25) is 5.88 Å². The van der Waals surface area contributed by atoms with Crippen molar-refractivity contribution in [3.63, 3.8) is 0 Å². The van der Waals surface area contributed by atoms with Gasteiger partial charge in [0.05, 0.1) is 0 Å². The van der Waals surface area contributed by atoms with E-state index in [9.17, 15) is 0 Å². The quantitative estimate of drug-likeness (QED) is 0.352. The second-order valence-corrected chi connectivity index (χ2v) is 7.69. The SMILES string of the molecule is Cc1cc(Oc2cccc(C(C)C)c2)nc(SCc2ccccc2Cl)n1. The van der Waals surface area contributed by atoms with E-state index in [0.717, 1.165) is 22.0 Å². The molecule has 0 aliphatic rings. The van der Waals surface area contributed by atoms with Gasteiger partial charge in [0.15, 0.2) is 5.16 Å². The molecule has 0 spiro atoms. The van der Waals surface area contributed by atoms with Gasteiger partial charge in [-0.3, -0.25) is 0 Å². The maximum atomic E-state index is 6.22. The van der Waals surface area contributed by atoms with Crippen molar-refractivity contribution in [2.75, 3.05) is 0 Å². The summed E-state index contributed by atoms with van der Waals surface area (Å²) in [5.41, 5.74) is 3.18. The van der Waals surface area contributed by atoms with E-state index in [0.29, 0.717) is 22.7 Å². The molecule has 0 N–H and O–H groups in total. The van der Waals surface area contributed by atoms with Gasteiger partial charge in [0, 0.05) is 22.5 Å². The van der Waals surface area contributed by atoms with Crippen LogP contribution in [0.1, 0.15) is 36.6 Å². The van der Waals surface area contributed by atoms with Crippen LogP contribution < -0.4 is 4.74 Å². The molecule has 1 heterocycles. The van der Waals surface area contributed by atoms with Gasteiger partial charge in [0.1, 0.15) is 5.75 Å². The van der Waals surface area contributed by atoms with Crippen molar-refractivity contribution in [3.05, 3.63) is 76.4 Å². The van der Waals surface area contributed by atoms with Crippen molar-refractivity contribution in [3.8, 4) is 11.6 Å². The second kappa shape index (κ2) is 8.56. The molecule has 0 amide bonds. The van der Waals surface area contributed by atoms with Crippen LogP contribution in [-0.4, -0.2) is 9.97 Å². The minimum atomic E-state index is 0.451. The summed E-state index contributed by atoms with van der Waals surface area (Å²) in [5.74, 6) is 2.51. The highest BCUT2D eigenvalue weighted by Crippen LogP contribution is 2.28. The Hall–Kier alpha value is -2.04. The number of hydrogen-bond donors (Lipinski definition) is 0. The van der Waals surface area contributed by atoms with Crippen molar-refractivity contribution < 1.29 is 4.74 Å². The van der Waals surface area contributed by atoms with Gasteiger partial charge in [-0.25, -0.2) is 4.98 Å². The first-order valence-corrected chi connectivity index (χ1v) is 9.87. The first-order valence-electron chi connectivity index (χ1n) is 8.51. The lowest BCUT2D eigenvalue weighted by Gasteiger charge is -2.10. The van der Waals surface area contributed by atoms with Gasteiger partial charge in [-0.05, 0) is 42.2 Å². The number of hydrogen-bond acceptors (Lipinski definition) is 4. The topological polar surface area (TPSA) is 35.0 Å². The van der Waals surface area contributed by atoms with Crippen LogP contribution in [0, 0.1) is 6.92 Å². The molecule has 0 bridgehead atoms. The van der Waals surface area contributed by atoms with Crippen LogP contribution >= 0.6 is 23.4 Å². The third kappa shape index (κ3) is 4.99. The summed E-state index contributed by atoms with van der Waals surface area (Å²) in [6.45, 7) is 6.27. The van der Waals surface area contributed by atoms with Crippen LogP contribution in [0.25, 0.3) is 0 Å². The Bertz CT molecular complexity index is 899. The Labute approximate surface area is 163 Å². The zero-order valence-electron chi connectivity index (χ0n) is 15.1. The molecule has 0 unspecified atom stereocenters. The summed E-state index contributed by atoms with van der Waals surface area (Å²) >= 11 is 7.77. The molecule has 0 aliphatic carbocycles.